The molecule has 30 heavy (non-hydrogen) atoms. The monoisotopic (exact) mass is 396 g/mol. The van der Waals surface area contributed by atoms with E-state index in [1.165, 1.54) is 0 Å². The summed E-state index contributed by atoms with van der Waals surface area (Å²) in [5.74, 6) is 0. The molecule has 148 valence electrons. The average Bonchev–Trinajstić information content (AvgIpc) is 3.54. The van der Waals surface area contributed by atoms with Crippen LogP contribution in [0.4, 0.5) is 0 Å². The van der Waals surface area contributed by atoms with Crippen molar-refractivity contribution in [2.75, 3.05) is 13.1 Å². The Balaban J connectivity index is 1.33. The van der Waals surface area contributed by atoms with E-state index in [1.807, 2.05) is 46.0 Å². The van der Waals surface area contributed by atoms with Crippen LogP contribution in [0.5, 0.6) is 0 Å². The molecular weight excluding hydrogens is 376 g/mol. The third-order valence-corrected chi connectivity index (χ3v) is 5.66. The Morgan fingerprint density at radius 3 is 3.00 bits per heavy atom. The van der Waals surface area contributed by atoms with Crippen molar-refractivity contribution in [3.63, 3.8) is 0 Å². The first-order chi connectivity index (χ1) is 14.8. The number of nitrogens with one attached hydrogen (secondary N) is 1. The van der Waals surface area contributed by atoms with Crippen LogP contribution in [0.25, 0.3) is 33.3 Å². The fourth-order valence-electron chi connectivity index (χ4n) is 4.05. The molecular formula is C22H20N8. The fraction of sp³-hybridized carbons (Fsp3) is 0.227. The lowest BCUT2D eigenvalue weighted by atomic mass is 10.1. The molecule has 0 bridgehead atoms. The van der Waals surface area contributed by atoms with Gasteiger partial charge in [0.05, 0.1) is 30.0 Å². The molecule has 5 heterocycles. The highest BCUT2D eigenvalue weighted by Crippen LogP contribution is 2.23. The largest absolute Gasteiger partial charge is 0.315 e. The molecule has 0 aliphatic carbocycles. The molecule has 4 aromatic heterocycles. The van der Waals surface area contributed by atoms with Gasteiger partial charge in [0, 0.05) is 29.9 Å². The number of hydrogen-bond acceptors (Lipinski definition) is 6. The highest BCUT2D eigenvalue weighted by atomic mass is 15.4. The summed E-state index contributed by atoms with van der Waals surface area (Å²) in [7, 11) is 0. The van der Waals surface area contributed by atoms with E-state index in [9.17, 15) is 0 Å². The third-order valence-electron chi connectivity index (χ3n) is 5.66. The molecule has 1 unspecified atom stereocenters. The second kappa shape index (κ2) is 7.00. The third kappa shape index (κ3) is 3.02. The first-order valence-electron chi connectivity index (χ1n) is 10.1. The minimum Gasteiger partial charge on any atom is -0.315 e. The van der Waals surface area contributed by atoms with Crippen LogP contribution in [0, 0.1) is 0 Å². The Hall–Kier alpha value is -3.65. The summed E-state index contributed by atoms with van der Waals surface area (Å²) in [4.78, 5) is 9.25. The molecule has 1 aliphatic heterocycles. The lowest BCUT2D eigenvalue weighted by molar-refractivity contribution is 0.491. The molecule has 0 saturated carbocycles. The topological polar surface area (TPSA) is 86.3 Å². The van der Waals surface area contributed by atoms with Crippen molar-refractivity contribution in [1.29, 1.82) is 0 Å². The summed E-state index contributed by atoms with van der Waals surface area (Å²) < 4.78 is 3.89. The summed E-state index contributed by atoms with van der Waals surface area (Å²) in [5, 5.41) is 17.7. The Morgan fingerprint density at radius 2 is 2.07 bits per heavy atom. The molecule has 8 nitrogen and oxygen atoms in total. The van der Waals surface area contributed by atoms with Gasteiger partial charge in [-0.3, -0.25) is 9.67 Å². The molecule has 6 rings (SSSR count). The maximum Gasteiger partial charge on any atom is 0.179 e. The lowest BCUT2D eigenvalue weighted by Gasteiger charge is -2.07. The SMILES string of the molecule is c1cnc2ccc(Cn3nnc4ccc(-c5cnn(C6CCNC6)c5)nc43)cc2c1. The van der Waals surface area contributed by atoms with Crippen LogP contribution in [0.3, 0.4) is 0 Å². The van der Waals surface area contributed by atoms with Gasteiger partial charge in [-0.1, -0.05) is 17.3 Å². The Bertz CT molecular complexity index is 1350. The first-order valence-corrected chi connectivity index (χ1v) is 10.1. The number of rotatable bonds is 4. The first kappa shape index (κ1) is 17.2. The molecule has 1 N–H and O–H groups in total. The lowest BCUT2D eigenvalue weighted by Crippen LogP contribution is -2.13. The summed E-state index contributed by atoms with van der Waals surface area (Å²) in [6.07, 6.45) is 6.88. The van der Waals surface area contributed by atoms with Gasteiger partial charge in [0.2, 0.25) is 0 Å². The van der Waals surface area contributed by atoms with E-state index in [0.717, 1.165) is 58.4 Å². The predicted molar refractivity (Wildman–Crippen MR) is 114 cm³/mol. The van der Waals surface area contributed by atoms with Crippen molar-refractivity contribution in [2.45, 2.75) is 19.0 Å². The Morgan fingerprint density at radius 1 is 1.10 bits per heavy atom. The molecule has 0 spiro atoms. The van der Waals surface area contributed by atoms with Gasteiger partial charge in [-0.05, 0) is 48.9 Å². The van der Waals surface area contributed by atoms with E-state index in [4.69, 9.17) is 4.98 Å². The number of nitrogens with zero attached hydrogens (tertiary/aromatic N) is 7. The van der Waals surface area contributed by atoms with Crippen LogP contribution in [0.1, 0.15) is 18.0 Å². The van der Waals surface area contributed by atoms with Crippen LogP contribution < -0.4 is 5.32 Å². The summed E-state index contributed by atoms with van der Waals surface area (Å²) >= 11 is 0. The number of hydrogen-bond donors (Lipinski definition) is 1. The highest BCUT2D eigenvalue weighted by Gasteiger charge is 2.18. The molecule has 0 amide bonds. The van der Waals surface area contributed by atoms with Crippen LogP contribution in [-0.2, 0) is 6.54 Å². The number of benzene rings is 1. The van der Waals surface area contributed by atoms with E-state index >= 15 is 0 Å². The summed E-state index contributed by atoms with van der Waals surface area (Å²) in [5.41, 5.74) is 5.57. The average molecular weight is 396 g/mol. The van der Waals surface area contributed by atoms with E-state index in [2.05, 4.69) is 50.1 Å². The molecule has 0 radical (unpaired) electrons. The van der Waals surface area contributed by atoms with Crippen molar-refractivity contribution < 1.29 is 0 Å². The number of aromatic nitrogens is 7. The van der Waals surface area contributed by atoms with Crippen LogP contribution >= 0.6 is 0 Å². The second-order valence-electron chi connectivity index (χ2n) is 7.67. The molecule has 8 heteroatoms. The Kier molecular flexibility index (Phi) is 4.02. The van der Waals surface area contributed by atoms with Gasteiger partial charge in [-0.25, -0.2) is 9.67 Å². The maximum absolute atomic E-state index is 4.86. The number of fused-ring (bicyclic) bond motifs is 2. The van der Waals surface area contributed by atoms with Crippen molar-refractivity contribution >= 4 is 22.1 Å². The Labute approximate surface area is 172 Å². The molecule has 1 aliphatic rings. The van der Waals surface area contributed by atoms with E-state index in [1.54, 1.807) is 0 Å². The van der Waals surface area contributed by atoms with Gasteiger partial charge in [0.15, 0.2) is 5.65 Å². The highest BCUT2D eigenvalue weighted by molar-refractivity contribution is 5.79. The van der Waals surface area contributed by atoms with Crippen molar-refractivity contribution in [1.82, 2.24) is 40.1 Å². The predicted octanol–water partition coefficient (Wildman–Crippen LogP) is 2.82. The molecule has 5 aromatic rings. The van der Waals surface area contributed by atoms with E-state index in [-0.39, 0.29) is 0 Å². The zero-order chi connectivity index (χ0) is 19.9. The van der Waals surface area contributed by atoms with Crippen molar-refractivity contribution in [2.24, 2.45) is 0 Å². The normalized spacial score (nSPS) is 16.6. The van der Waals surface area contributed by atoms with Gasteiger partial charge in [-0.2, -0.15) is 5.10 Å². The fourth-order valence-corrected chi connectivity index (χ4v) is 4.05. The molecule has 1 atom stereocenters. The summed E-state index contributed by atoms with van der Waals surface area (Å²) in [6, 6.07) is 14.6. The van der Waals surface area contributed by atoms with Crippen LogP contribution in [0.15, 0.2) is 61.1 Å². The molecule has 1 aromatic carbocycles. The number of pyridine rings is 2. The summed E-state index contributed by atoms with van der Waals surface area (Å²) in [6.45, 7) is 2.61. The zero-order valence-corrected chi connectivity index (χ0v) is 16.3. The van der Waals surface area contributed by atoms with Gasteiger partial charge in [-0.15, -0.1) is 5.10 Å². The van der Waals surface area contributed by atoms with Gasteiger partial charge < -0.3 is 5.32 Å². The van der Waals surface area contributed by atoms with Gasteiger partial charge >= 0.3 is 0 Å². The maximum atomic E-state index is 4.86. The zero-order valence-electron chi connectivity index (χ0n) is 16.3. The van der Waals surface area contributed by atoms with E-state index < -0.39 is 0 Å². The van der Waals surface area contributed by atoms with Crippen molar-refractivity contribution in [3.8, 4) is 11.3 Å². The van der Waals surface area contributed by atoms with Crippen LogP contribution in [-0.4, -0.2) is 47.8 Å². The van der Waals surface area contributed by atoms with Crippen LogP contribution in [0.2, 0.25) is 0 Å². The molecule has 1 fully saturated rings. The minimum atomic E-state index is 0.414. The second-order valence-corrected chi connectivity index (χ2v) is 7.67. The molecule has 1 saturated heterocycles. The standard InChI is InChI=1S/C22H20N8/c1-2-16-10-15(3-4-19(16)24-8-1)13-30-22-21(27-28-30)6-5-20(26-22)17-11-25-29(14-17)18-7-9-23-12-18/h1-6,8,10-11,14,18,23H,7,9,12-13H2. The minimum absolute atomic E-state index is 0.414. The van der Waals surface area contributed by atoms with E-state index in [0.29, 0.717) is 12.6 Å². The quantitative estimate of drug-likeness (QED) is 0.503. The van der Waals surface area contributed by atoms with Crippen molar-refractivity contribution in [3.05, 3.63) is 66.6 Å². The smallest absolute Gasteiger partial charge is 0.179 e. The van der Waals surface area contributed by atoms with Gasteiger partial charge in [0.1, 0.15) is 5.52 Å². The van der Waals surface area contributed by atoms with Gasteiger partial charge in [0.25, 0.3) is 0 Å².